The topological polar surface area (TPSA) is 118 Å². The highest BCUT2D eigenvalue weighted by molar-refractivity contribution is 6.04. The third kappa shape index (κ3) is 5.30. The number of urea groups is 1. The smallest absolute Gasteiger partial charge is 0.330 e. The molecule has 3 aromatic carbocycles. The molecular formula is C35H36N2O7. The molecule has 1 aliphatic heterocycles. The Morgan fingerprint density at radius 3 is 2.00 bits per heavy atom. The monoisotopic (exact) mass is 596 g/mol. The van der Waals surface area contributed by atoms with E-state index in [9.17, 15) is 19.5 Å². The van der Waals surface area contributed by atoms with Crippen molar-refractivity contribution in [3.05, 3.63) is 113 Å². The van der Waals surface area contributed by atoms with Crippen LogP contribution in [0.2, 0.25) is 0 Å². The number of ketones is 1. The molecule has 44 heavy (non-hydrogen) atoms. The summed E-state index contributed by atoms with van der Waals surface area (Å²) in [7, 11) is 3.09. The Bertz CT molecular complexity index is 1690. The number of carboxylic acids is 1. The number of methoxy groups -OCH3 is 2. The molecule has 4 aromatic rings. The van der Waals surface area contributed by atoms with Gasteiger partial charge in [0, 0.05) is 11.6 Å². The van der Waals surface area contributed by atoms with Gasteiger partial charge in [-0.15, -0.1) is 0 Å². The van der Waals surface area contributed by atoms with E-state index in [1.807, 2.05) is 31.2 Å². The molecule has 0 aliphatic carbocycles. The Kier molecular flexibility index (Phi) is 8.23. The lowest BCUT2D eigenvalue weighted by atomic mass is 9.71. The average Bonchev–Trinajstić information content (AvgIpc) is 3.50. The predicted molar refractivity (Wildman–Crippen MR) is 166 cm³/mol. The average molecular weight is 597 g/mol. The minimum Gasteiger partial charge on any atom is -0.497 e. The van der Waals surface area contributed by atoms with E-state index in [2.05, 4.69) is 5.32 Å². The van der Waals surface area contributed by atoms with Crippen LogP contribution in [0, 0.1) is 26.7 Å². The summed E-state index contributed by atoms with van der Waals surface area (Å²) in [6.45, 7) is 6.90. The van der Waals surface area contributed by atoms with Gasteiger partial charge in [-0.1, -0.05) is 42.0 Å². The molecule has 1 aromatic heterocycles. The van der Waals surface area contributed by atoms with Crippen molar-refractivity contribution in [2.75, 3.05) is 19.5 Å². The summed E-state index contributed by atoms with van der Waals surface area (Å²) in [6.07, 6.45) is 0. The summed E-state index contributed by atoms with van der Waals surface area (Å²) in [6, 6.07) is 21.3. The molecule has 9 heteroatoms. The summed E-state index contributed by atoms with van der Waals surface area (Å²) in [5.41, 5.74) is 1.09. The maximum absolute atomic E-state index is 14.7. The van der Waals surface area contributed by atoms with E-state index >= 15 is 0 Å². The van der Waals surface area contributed by atoms with Crippen LogP contribution in [-0.2, 0) is 4.79 Å². The lowest BCUT2D eigenvalue weighted by Gasteiger charge is -2.37. The third-order valence-electron chi connectivity index (χ3n) is 8.54. The fourth-order valence-electron chi connectivity index (χ4n) is 6.47. The standard InChI is InChI=1S/C35H36N2O7/c1-20-8-7-9-24(18-20)31-29(32(38)28-19-21(2)44-22(28)3)30(23-10-14-26(42-5)15-11-23)35(4,33(39)40)37(31)34(41)36-25-12-16-27(43-6)17-13-25/h7-19,29-31H,1-6H3,(H,36,41)(H,39,40). The van der Waals surface area contributed by atoms with Gasteiger partial charge in [-0.05, 0) is 81.3 Å². The van der Waals surface area contributed by atoms with Crippen LogP contribution in [0.15, 0.2) is 83.3 Å². The van der Waals surface area contributed by atoms with Gasteiger partial charge < -0.3 is 24.3 Å². The number of nitrogens with one attached hydrogen (secondary N) is 1. The second-order valence-corrected chi connectivity index (χ2v) is 11.3. The second-order valence-electron chi connectivity index (χ2n) is 11.3. The Morgan fingerprint density at radius 1 is 0.864 bits per heavy atom. The van der Waals surface area contributed by atoms with Crippen molar-refractivity contribution >= 4 is 23.5 Å². The summed E-state index contributed by atoms with van der Waals surface area (Å²) in [4.78, 5) is 43.9. The van der Waals surface area contributed by atoms with E-state index in [0.717, 1.165) is 5.56 Å². The number of anilines is 1. The van der Waals surface area contributed by atoms with Crippen LogP contribution in [0.5, 0.6) is 11.5 Å². The molecule has 1 saturated heterocycles. The zero-order chi connectivity index (χ0) is 31.8. The van der Waals surface area contributed by atoms with E-state index in [1.165, 1.54) is 11.8 Å². The van der Waals surface area contributed by atoms with Crippen LogP contribution in [0.1, 0.15) is 57.5 Å². The summed E-state index contributed by atoms with van der Waals surface area (Å²) < 4.78 is 16.3. The highest BCUT2D eigenvalue weighted by Crippen LogP contribution is 2.57. The highest BCUT2D eigenvalue weighted by Gasteiger charge is 2.65. The van der Waals surface area contributed by atoms with Gasteiger partial charge in [0.15, 0.2) is 5.78 Å². The van der Waals surface area contributed by atoms with Crippen molar-refractivity contribution in [2.45, 2.75) is 45.2 Å². The quantitative estimate of drug-likeness (QED) is 0.212. The molecule has 4 atom stereocenters. The first kappa shape index (κ1) is 30.4. The number of nitrogens with zero attached hydrogens (tertiary/aromatic N) is 1. The number of hydrogen-bond donors (Lipinski definition) is 2. The zero-order valence-electron chi connectivity index (χ0n) is 25.6. The predicted octanol–water partition coefficient (Wildman–Crippen LogP) is 6.94. The number of carbonyl (C=O) groups excluding carboxylic acids is 2. The number of aliphatic carboxylic acids is 1. The van der Waals surface area contributed by atoms with Crippen LogP contribution in [-0.4, -0.2) is 47.5 Å². The molecule has 0 radical (unpaired) electrons. The highest BCUT2D eigenvalue weighted by atomic mass is 16.5. The lowest BCUT2D eigenvalue weighted by molar-refractivity contribution is -0.148. The van der Waals surface area contributed by atoms with E-state index < -0.39 is 35.4 Å². The molecule has 4 unspecified atom stereocenters. The maximum atomic E-state index is 14.7. The van der Waals surface area contributed by atoms with Gasteiger partial charge >= 0.3 is 12.0 Å². The number of amides is 2. The van der Waals surface area contributed by atoms with Gasteiger partial charge in [0.2, 0.25) is 0 Å². The van der Waals surface area contributed by atoms with Gasteiger partial charge in [0.1, 0.15) is 28.6 Å². The number of carbonyl (C=O) groups is 3. The number of furan rings is 1. The molecule has 0 bridgehead atoms. The molecule has 5 rings (SSSR count). The van der Waals surface area contributed by atoms with Gasteiger partial charge in [0.25, 0.3) is 0 Å². The SMILES string of the molecule is COc1ccc(NC(=O)N2C(c3cccc(C)c3)C(C(=O)c3cc(C)oc3C)C(c3ccc(OC)cc3)C2(C)C(=O)O)cc1. The minimum absolute atomic E-state index is 0.307. The van der Waals surface area contributed by atoms with Gasteiger partial charge in [-0.2, -0.15) is 0 Å². The van der Waals surface area contributed by atoms with Crippen LogP contribution in [0.4, 0.5) is 10.5 Å². The fourth-order valence-corrected chi connectivity index (χ4v) is 6.47. The van der Waals surface area contributed by atoms with E-state index in [-0.39, 0.29) is 5.78 Å². The number of hydrogen-bond acceptors (Lipinski definition) is 6. The molecule has 1 fully saturated rings. The zero-order valence-corrected chi connectivity index (χ0v) is 25.6. The molecule has 0 saturated carbocycles. The Balaban J connectivity index is 1.76. The summed E-state index contributed by atoms with van der Waals surface area (Å²) in [5, 5.41) is 13.9. The number of aryl methyl sites for hydroxylation is 3. The second kappa shape index (κ2) is 11.9. The molecule has 2 N–H and O–H groups in total. The Morgan fingerprint density at radius 2 is 1.48 bits per heavy atom. The largest absolute Gasteiger partial charge is 0.497 e. The van der Waals surface area contributed by atoms with Crippen molar-refractivity contribution in [1.82, 2.24) is 4.90 Å². The Labute approximate surface area is 256 Å². The van der Waals surface area contributed by atoms with E-state index in [0.29, 0.717) is 45.4 Å². The summed E-state index contributed by atoms with van der Waals surface area (Å²) >= 11 is 0. The van der Waals surface area contributed by atoms with Gasteiger partial charge in [-0.3, -0.25) is 9.69 Å². The van der Waals surface area contributed by atoms with Gasteiger partial charge in [0.05, 0.1) is 31.7 Å². The minimum atomic E-state index is -1.85. The molecule has 2 amide bonds. The van der Waals surface area contributed by atoms with Crippen molar-refractivity contribution < 1.29 is 33.4 Å². The van der Waals surface area contributed by atoms with Crippen molar-refractivity contribution in [2.24, 2.45) is 5.92 Å². The number of likely N-dealkylation sites (tertiary alicyclic amines) is 1. The first-order valence-corrected chi connectivity index (χ1v) is 14.3. The third-order valence-corrected chi connectivity index (χ3v) is 8.54. The molecule has 228 valence electrons. The van der Waals surface area contributed by atoms with Crippen LogP contribution < -0.4 is 14.8 Å². The van der Waals surface area contributed by atoms with Crippen molar-refractivity contribution in [3.63, 3.8) is 0 Å². The number of benzene rings is 3. The van der Waals surface area contributed by atoms with Crippen molar-refractivity contribution in [3.8, 4) is 11.5 Å². The van der Waals surface area contributed by atoms with E-state index in [1.54, 1.807) is 82.7 Å². The van der Waals surface area contributed by atoms with E-state index in [4.69, 9.17) is 13.9 Å². The first-order valence-electron chi connectivity index (χ1n) is 14.3. The maximum Gasteiger partial charge on any atom is 0.330 e. The first-order chi connectivity index (χ1) is 21.0. The normalized spacial score (nSPS) is 21.1. The number of carboxylic acid groups (broad SMARTS) is 1. The molecular weight excluding hydrogens is 560 g/mol. The number of rotatable bonds is 8. The van der Waals surface area contributed by atoms with Crippen LogP contribution >= 0.6 is 0 Å². The molecule has 2 heterocycles. The van der Waals surface area contributed by atoms with Crippen LogP contribution in [0.3, 0.4) is 0 Å². The fraction of sp³-hybridized carbons (Fsp3) is 0.286. The Hall–Kier alpha value is -5.05. The van der Waals surface area contributed by atoms with Crippen molar-refractivity contribution in [1.29, 1.82) is 0 Å². The summed E-state index contributed by atoms with van der Waals surface area (Å²) in [5.74, 6) is -1.29. The lowest BCUT2D eigenvalue weighted by Crippen LogP contribution is -2.55. The number of ether oxygens (including phenoxy) is 2. The molecule has 1 aliphatic rings. The number of Topliss-reactive ketones (excluding diaryl/α,β-unsaturated/α-hetero) is 1. The molecule has 9 nitrogen and oxygen atoms in total. The van der Waals surface area contributed by atoms with Gasteiger partial charge in [-0.25, -0.2) is 9.59 Å². The van der Waals surface area contributed by atoms with Crippen LogP contribution in [0.25, 0.3) is 0 Å². The molecule has 0 spiro atoms.